The monoisotopic (exact) mass is 448 g/mol. The Morgan fingerprint density at radius 2 is 1.70 bits per heavy atom. The number of methoxy groups -OCH3 is 2. The third-order valence-corrected chi connectivity index (χ3v) is 6.70. The van der Waals surface area contributed by atoms with Crippen LogP contribution in [-0.4, -0.2) is 48.9 Å². The van der Waals surface area contributed by atoms with Crippen LogP contribution in [-0.2, 0) is 16.1 Å². The van der Waals surface area contributed by atoms with Gasteiger partial charge in [-0.1, -0.05) is 31.2 Å². The van der Waals surface area contributed by atoms with Gasteiger partial charge in [0, 0.05) is 13.1 Å². The molecule has 0 bridgehead atoms. The highest BCUT2D eigenvalue weighted by molar-refractivity contribution is 6.35. The van der Waals surface area contributed by atoms with Crippen LogP contribution < -0.4 is 9.47 Å². The number of rotatable bonds is 6. The second-order valence-electron chi connectivity index (χ2n) is 9.10. The minimum atomic E-state index is -0.244. The van der Waals surface area contributed by atoms with E-state index in [4.69, 9.17) is 9.47 Å². The van der Waals surface area contributed by atoms with Crippen LogP contribution in [0.2, 0.25) is 0 Å². The van der Waals surface area contributed by atoms with E-state index in [0.29, 0.717) is 28.7 Å². The molecule has 1 unspecified atom stereocenters. The van der Waals surface area contributed by atoms with Crippen LogP contribution in [0.4, 0.5) is 0 Å². The summed E-state index contributed by atoms with van der Waals surface area (Å²) in [6.45, 7) is 8.03. The van der Waals surface area contributed by atoms with E-state index in [1.807, 2.05) is 44.2 Å². The first kappa shape index (κ1) is 22.9. The van der Waals surface area contributed by atoms with Crippen LogP contribution in [0, 0.1) is 19.8 Å². The lowest BCUT2D eigenvalue weighted by molar-refractivity contribution is -0.138. The Morgan fingerprint density at radius 1 is 0.939 bits per heavy atom. The zero-order valence-electron chi connectivity index (χ0n) is 20.1. The fourth-order valence-corrected chi connectivity index (χ4v) is 4.71. The molecule has 2 aromatic carbocycles. The molecule has 0 spiro atoms. The van der Waals surface area contributed by atoms with E-state index >= 15 is 0 Å². The Balaban J connectivity index is 1.73. The number of aryl methyl sites for hydroxylation is 2. The summed E-state index contributed by atoms with van der Waals surface area (Å²) >= 11 is 0. The van der Waals surface area contributed by atoms with Crippen molar-refractivity contribution >= 4 is 17.4 Å². The van der Waals surface area contributed by atoms with Crippen molar-refractivity contribution in [3.63, 3.8) is 0 Å². The van der Waals surface area contributed by atoms with Crippen molar-refractivity contribution in [3.8, 4) is 11.5 Å². The second kappa shape index (κ2) is 9.30. The van der Waals surface area contributed by atoms with Crippen molar-refractivity contribution in [2.24, 2.45) is 5.92 Å². The van der Waals surface area contributed by atoms with E-state index in [-0.39, 0.29) is 18.4 Å². The molecule has 6 nitrogen and oxygen atoms in total. The van der Waals surface area contributed by atoms with Crippen molar-refractivity contribution in [2.45, 2.75) is 40.2 Å². The molecule has 1 fully saturated rings. The number of amides is 2. The predicted octanol–water partition coefficient (Wildman–Crippen LogP) is 4.33. The SMILES string of the molecule is COc1ccc(CN2C(=O)C(c3ccc(C)c(C)c3)=C(N3CCCC(C)C3)C2=O)cc1OC. The van der Waals surface area contributed by atoms with Gasteiger partial charge in [-0.25, -0.2) is 0 Å². The van der Waals surface area contributed by atoms with E-state index in [9.17, 15) is 9.59 Å². The minimum absolute atomic E-state index is 0.180. The third-order valence-electron chi connectivity index (χ3n) is 6.70. The molecule has 2 amide bonds. The van der Waals surface area contributed by atoms with Gasteiger partial charge in [0.05, 0.1) is 26.3 Å². The van der Waals surface area contributed by atoms with Gasteiger partial charge in [0.25, 0.3) is 11.8 Å². The smallest absolute Gasteiger partial charge is 0.278 e. The van der Waals surface area contributed by atoms with Crippen molar-refractivity contribution in [1.82, 2.24) is 9.80 Å². The van der Waals surface area contributed by atoms with Crippen LogP contribution in [0.25, 0.3) is 5.57 Å². The largest absolute Gasteiger partial charge is 0.493 e. The van der Waals surface area contributed by atoms with Gasteiger partial charge in [-0.15, -0.1) is 0 Å². The number of carbonyl (C=O) groups is 2. The summed E-state index contributed by atoms with van der Waals surface area (Å²) < 4.78 is 10.7. The summed E-state index contributed by atoms with van der Waals surface area (Å²) in [5.41, 5.74) is 4.92. The summed E-state index contributed by atoms with van der Waals surface area (Å²) in [5.74, 6) is 1.19. The molecule has 0 N–H and O–H groups in total. The first-order chi connectivity index (χ1) is 15.8. The maximum absolute atomic E-state index is 13.7. The molecular weight excluding hydrogens is 416 g/mol. The van der Waals surface area contributed by atoms with E-state index < -0.39 is 0 Å². The van der Waals surface area contributed by atoms with Gasteiger partial charge in [0.1, 0.15) is 5.70 Å². The van der Waals surface area contributed by atoms with Gasteiger partial charge in [0.15, 0.2) is 11.5 Å². The van der Waals surface area contributed by atoms with Gasteiger partial charge in [-0.3, -0.25) is 14.5 Å². The number of nitrogens with zero attached hydrogens (tertiary/aromatic N) is 2. The van der Waals surface area contributed by atoms with Crippen LogP contribution in [0.1, 0.15) is 42.0 Å². The lowest BCUT2D eigenvalue weighted by atomic mass is 9.96. The number of ether oxygens (including phenoxy) is 2. The molecule has 2 aromatic rings. The molecule has 2 heterocycles. The molecule has 0 radical (unpaired) electrons. The summed E-state index contributed by atoms with van der Waals surface area (Å²) in [5, 5.41) is 0. The number of hydrogen-bond acceptors (Lipinski definition) is 5. The van der Waals surface area contributed by atoms with Gasteiger partial charge < -0.3 is 14.4 Å². The summed E-state index contributed by atoms with van der Waals surface area (Å²) in [7, 11) is 3.15. The average molecular weight is 449 g/mol. The summed E-state index contributed by atoms with van der Waals surface area (Å²) in [6, 6.07) is 11.5. The minimum Gasteiger partial charge on any atom is -0.493 e. The summed E-state index contributed by atoms with van der Waals surface area (Å²) in [4.78, 5) is 30.9. The summed E-state index contributed by atoms with van der Waals surface area (Å²) in [6.07, 6.45) is 2.16. The maximum atomic E-state index is 13.7. The van der Waals surface area contributed by atoms with Crippen LogP contribution >= 0.6 is 0 Å². The fraction of sp³-hybridized carbons (Fsp3) is 0.407. The van der Waals surface area contributed by atoms with Crippen molar-refractivity contribution < 1.29 is 19.1 Å². The fourth-order valence-electron chi connectivity index (χ4n) is 4.71. The first-order valence-electron chi connectivity index (χ1n) is 11.5. The Hall–Kier alpha value is -3.28. The molecule has 2 aliphatic heterocycles. The maximum Gasteiger partial charge on any atom is 0.278 e. The number of imide groups is 1. The molecule has 0 aliphatic carbocycles. The highest BCUT2D eigenvalue weighted by Crippen LogP contribution is 2.36. The van der Waals surface area contributed by atoms with E-state index in [2.05, 4.69) is 11.8 Å². The van der Waals surface area contributed by atoms with Crippen LogP contribution in [0.15, 0.2) is 42.1 Å². The average Bonchev–Trinajstić information content (AvgIpc) is 3.05. The van der Waals surface area contributed by atoms with Gasteiger partial charge in [-0.2, -0.15) is 0 Å². The van der Waals surface area contributed by atoms with E-state index in [1.54, 1.807) is 20.3 Å². The quantitative estimate of drug-likeness (QED) is 0.616. The van der Waals surface area contributed by atoms with Crippen LogP contribution in [0.3, 0.4) is 0 Å². The molecule has 1 atom stereocenters. The number of benzene rings is 2. The highest BCUT2D eigenvalue weighted by Gasteiger charge is 2.42. The van der Waals surface area contributed by atoms with Crippen LogP contribution in [0.5, 0.6) is 11.5 Å². The standard InChI is InChI=1S/C27H32N2O4/c1-17-7-6-12-28(15-17)25-24(21-10-8-18(2)19(3)13-21)26(30)29(27(25)31)16-20-9-11-22(32-4)23(14-20)33-5/h8-11,13-14,17H,6-7,12,15-16H2,1-5H3. The van der Waals surface area contributed by atoms with Crippen molar-refractivity contribution in [3.05, 3.63) is 64.3 Å². The predicted molar refractivity (Wildman–Crippen MR) is 128 cm³/mol. The molecule has 6 heteroatoms. The number of hydrogen-bond donors (Lipinski definition) is 0. The molecule has 174 valence electrons. The highest BCUT2D eigenvalue weighted by atomic mass is 16.5. The van der Waals surface area contributed by atoms with Crippen molar-refractivity contribution in [2.75, 3.05) is 27.3 Å². The van der Waals surface area contributed by atoms with Gasteiger partial charge in [-0.05, 0) is 67.0 Å². The molecule has 33 heavy (non-hydrogen) atoms. The number of carbonyl (C=O) groups excluding carboxylic acids is 2. The Kier molecular flexibility index (Phi) is 6.45. The Labute approximate surface area is 195 Å². The zero-order valence-corrected chi connectivity index (χ0v) is 20.1. The zero-order chi connectivity index (χ0) is 23.7. The third kappa shape index (κ3) is 4.34. The molecule has 0 aromatic heterocycles. The second-order valence-corrected chi connectivity index (χ2v) is 9.10. The molecular formula is C27H32N2O4. The first-order valence-corrected chi connectivity index (χ1v) is 11.5. The molecule has 4 rings (SSSR count). The molecule has 0 saturated carbocycles. The van der Waals surface area contributed by atoms with E-state index in [1.165, 1.54) is 4.90 Å². The molecule has 1 saturated heterocycles. The normalized spacial score (nSPS) is 18.9. The topological polar surface area (TPSA) is 59.1 Å². The van der Waals surface area contributed by atoms with Gasteiger partial charge in [0.2, 0.25) is 0 Å². The number of likely N-dealkylation sites (tertiary alicyclic amines) is 1. The lowest BCUT2D eigenvalue weighted by Gasteiger charge is -2.33. The Bertz CT molecular complexity index is 1120. The lowest BCUT2D eigenvalue weighted by Crippen LogP contribution is -2.39. The van der Waals surface area contributed by atoms with Crippen molar-refractivity contribution in [1.29, 1.82) is 0 Å². The number of piperidine rings is 1. The van der Waals surface area contributed by atoms with E-state index in [0.717, 1.165) is 48.2 Å². The van der Waals surface area contributed by atoms with Gasteiger partial charge >= 0.3 is 0 Å². The molecule has 2 aliphatic rings. The Morgan fingerprint density at radius 3 is 2.36 bits per heavy atom.